The largest absolute Gasteiger partial charge is 0.433 e. The average Bonchev–Trinajstić information content (AvgIpc) is 3.28. The predicted molar refractivity (Wildman–Crippen MR) is 102 cm³/mol. The summed E-state index contributed by atoms with van der Waals surface area (Å²) >= 11 is 0. The van der Waals surface area contributed by atoms with Crippen LogP contribution >= 0.6 is 0 Å². The van der Waals surface area contributed by atoms with E-state index in [1.165, 1.54) is 18.5 Å². The van der Waals surface area contributed by atoms with E-state index in [1.807, 2.05) is 0 Å². The number of H-pyrrole nitrogens is 1. The fourth-order valence-corrected chi connectivity index (χ4v) is 3.03. The number of rotatable bonds is 4. The summed E-state index contributed by atoms with van der Waals surface area (Å²) in [4.78, 5) is 24.7. The number of aromatic amines is 1. The molecule has 4 rings (SSSR count). The Morgan fingerprint density at radius 1 is 1.06 bits per heavy atom. The minimum atomic E-state index is -4.95. The zero-order valence-electron chi connectivity index (χ0n) is 16.2. The molecule has 4 aromatic rings. The van der Waals surface area contributed by atoms with Crippen LogP contribution in [0.2, 0.25) is 0 Å². The molecule has 0 saturated carbocycles. The molecule has 0 aliphatic carbocycles. The van der Waals surface area contributed by atoms with Crippen molar-refractivity contribution in [2.45, 2.75) is 25.0 Å². The van der Waals surface area contributed by atoms with Crippen molar-refractivity contribution in [2.24, 2.45) is 0 Å². The van der Waals surface area contributed by atoms with Crippen LogP contribution in [-0.4, -0.2) is 47.1 Å². The van der Waals surface area contributed by atoms with Gasteiger partial charge in [0, 0.05) is 23.5 Å². The van der Waals surface area contributed by atoms with E-state index in [0.29, 0.717) is 10.1 Å². The normalized spacial score (nSPS) is 13.4. The second-order valence-corrected chi connectivity index (χ2v) is 6.93. The third kappa shape index (κ3) is 4.41. The Bertz CT molecular complexity index is 1350. The molecular formula is C19H12F6N6O2. The molecule has 8 nitrogen and oxygen atoms in total. The van der Waals surface area contributed by atoms with Gasteiger partial charge >= 0.3 is 12.4 Å². The molecule has 33 heavy (non-hydrogen) atoms. The first-order valence-electron chi connectivity index (χ1n) is 9.13. The molecule has 1 atom stereocenters. The van der Waals surface area contributed by atoms with E-state index >= 15 is 0 Å². The van der Waals surface area contributed by atoms with Crippen LogP contribution in [0.5, 0.6) is 0 Å². The van der Waals surface area contributed by atoms with Crippen molar-refractivity contribution in [3.63, 3.8) is 0 Å². The number of aliphatic hydroxyl groups is 1. The molecular weight excluding hydrogens is 458 g/mol. The van der Waals surface area contributed by atoms with Crippen LogP contribution in [0.3, 0.4) is 0 Å². The summed E-state index contributed by atoms with van der Waals surface area (Å²) in [6, 6.07) is 3.03. The maximum Gasteiger partial charge on any atom is 0.433 e. The number of nitrogens with one attached hydrogen (secondary N) is 1. The van der Waals surface area contributed by atoms with E-state index in [2.05, 4.69) is 25.1 Å². The SMILES string of the molecule is O=c1c2cc(-c3ccc(C(F)(F)F)nc3)nc(-c3cn[nH]c3)c2ncn1CC(O)C(F)(F)F. The summed E-state index contributed by atoms with van der Waals surface area (Å²) in [7, 11) is 0. The maximum absolute atomic E-state index is 12.9. The number of alkyl halides is 6. The number of halogens is 6. The smallest absolute Gasteiger partial charge is 0.382 e. The molecule has 0 aliphatic rings. The standard InChI is InChI=1S/C19H12F6N6O2/c20-18(21,22)13-2-1-9(4-26-13)12-3-11-16(15(30-12)10-5-28-29-6-10)27-8-31(17(11)33)7-14(32)19(23,24)25/h1-6,8,14,32H,7H2,(H,28,29). The Balaban J connectivity index is 1.89. The molecule has 0 aromatic carbocycles. The summed E-state index contributed by atoms with van der Waals surface area (Å²) in [6.07, 6.45) is -7.86. The molecule has 4 aromatic heterocycles. The lowest BCUT2D eigenvalue weighted by atomic mass is 10.1. The number of aliphatic hydroxyl groups excluding tert-OH is 1. The molecule has 0 fully saturated rings. The molecule has 14 heteroatoms. The van der Waals surface area contributed by atoms with Crippen LogP contribution < -0.4 is 5.56 Å². The van der Waals surface area contributed by atoms with Crippen LogP contribution in [0.4, 0.5) is 26.3 Å². The van der Waals surface area contributed by atoms with E-state index in [-0.39, 0.29) is 27.9 Å². The summed E-state index contributed by atoms with van der Waals surface area (Å²) in [5, 5.41) is 15.5. The van der Waals surface area contributed by atoms with Crippen molar-refractivity contribution < 1.29 is 31.4 Å². The van der Waals surface area contributed by atoms with Crippen molar-refractivity contribution in [1.82, 2.24) is 29.7 Å². The van der Waals surface area contributed by atoms with E-state index in [0.717, 1.165) is 24.7 Å². The van der Waals surface area contributed by atoms with Gasteiger partial charge in [-0.25, -0.2) is 9.97 Å². The van der Waals surface area contributed by atoms with Gasteiger partial charge in [-0.05, 0) is 18.2 Å². The second-order valence-electron chi connectivity index (χ2n) is 6.93. The number of hydrogen-bond donors (Lipinski definition) is 2. The van der Waals surface area contributed by atoms with Crippen molar-refractivity contribution in [1.29, 1.82) is 0 Å². The third-order valence-electron chi connectivity index (χ3n) is 4.68. The maximum atomic E-state index is 12.9. The van der Waals surface area contributed by atoms with Gasteiger partial charge in [0.25, 0.3) is 5.56 Å². The molecule has 2 N–H and O–H groups in total. The topological polar surface area (TPSA) is 110 Å². The van der Waals surface area contributed by atoms with E-state index < -0.39 is 36.3 Å². The highest BCUT2D eigenvalue weighted by atomic mass is 19.4. The van der Waals surface area contributed by atoms with Gasteiger partial charge in [-0.2, -0.15) is 31.4 Å². The Morgan fingerprint density at radius 2 is 1.82 bits per heavy atom. The molecule has 0 amide bonds. The molecule has 0 spiro atoms. The number of hydrogen-bond acceptors (Lipinski definition) is 6. The van der Waals surface area contributed by atoms with Crippen molar-refractivity contribution in [3.05, 3.63) is 59.2 Å². The molecule has 172 valence electrons. The van der Waals surface area contributed by atoms with Crippen LogP contribution in [0.1, 0.15) is 5.69 Å². The van der Waals surface area contributed by atoms with Gasteiger partial charge in [0.2, 0.25) is 0 Å². The van der Waals surface area contributed by atoms with Crippen molar-refractivity contribution in [2.75, 3.05) is 0 Å². The highest BCUT2D eigenvalue weighted by molar-refractivity contribution is 5.93. The first kappa shape index (κ1) is 22.4. The van der Waals surface area contributed by atoms with Gasteiger partial charge in [-0.3, -0.25) is 19.4 Å². The molecule has 0 bridgehead atoms. The van der Waals surface area contributed by atoms with Crippen LogP contribution in [0.25, 0.3) is 33.4 Å². The molecule has 0 radical (unpaired) electrons. The molecule has 4 heterocycles. The summed E-state index contributed by atoms with van der Waals surface area (Å²) in [6.45, 7) is -1.09. The lowest BCUT2D eigenvalue weighted by Gasteiger charge is -2.16. The molecule has 0 saturated heterocycles. The first-order chi connectivity index (χ1) is 15.4. The quantitative estimate of drug-likeness (QED) is 0.444. The Hall–Kier alpha value is -3.81. The van der Waals surface area contributed by atoms with Gasteiger partial charge < -0.3 is 5.11 Å². The second kappa shape index (κ2) is 7.95. The van der Waals surface area contributed by atoms with Crippen molar-refractivity contribution >= 4 is 10.9 Å². The fourth-order valence-electron chi connectivity index (χ4n) is 3.03. The summed E-state index contributed by atoms with van der Waals surface area (Å²) < 4.78 is 77.3. The van der Waals surface area contributed by atoms with Gasteiger partial charge in [-0.15, -0.1) is 0 Å². The Labute approximate surface area is 179 Å². The number of fused-ring (bicyclic) bond motifs is 1. The van der Waals surface area contributed by atoms with Crippen molar-refractivity contribution in [3.8, 4) is 22.5 Å². The Kier molecular flexibility index (Phi) is 5.40. The highest BCUT2D eigenvalue weighted by Crippen LogP contribution is 2.31. The van der Waals surface area contributed by atoms with Crippen LogP contribution in [0, 0.1) is 0 Å². The van der Waals surface area contributed by atoms with E-state index in [1.54, 1.807) is 0 Å². The minimum Gasteiger partial charge on any atom is -0.382 e. The monoisotopic (exact) mass is 470 g/mol. The summed E-state index contributed by atoms with van der Waals surface area (Å²) in [5.74, 6) is 0. The zero-order valence-corrected chi connectivity index (χ0v) is 16.2. The van der Waals surface area contributed by atoms with Gasteiger partial charge in [0.05, 0.1) is 30.1 Å². The minimum absolute atomic E-state index is 0.0303. The Morgan fingerprint density at radius 3 is 2.39 bits per heavy atom. The fraction of sp³-hybridized carbons (Fsp3) is 0.211. The zero-order chi connectivity index (χ0) is 24.0. The lowest BCUT2D eigenvalue weighted by Crippen LogP contribution is -2.36. The number of aromatic nitrogens is 6. The van der Waals surface area contributed by atoms with Gasteiger partial charge in [0.15, 0.2) is 6.10 Å². The average molecular weight is 470 g/mol. The van der Waals surface area contributed by atoms with E-state index in [4.69, 9.17) is 0 Å². The van der Waals surface area contributed by atoms with Crippen LogP contribution in [-0.2, 0) is 12.7 Å². The molecule has 1 unspecified atom stereocenters. The first-order valence-corrected chi connectivity index (χ1v) is 9.13. The van der Waals surface area contributed by atoms with Gasteiger partial charge in [0.1, 0.15) is 16.9 Å². The highest BCUT2D eigenvalue weighted by Gasteiger charge is 2.38. The lowest BCUT2D eigenvalue weighted by molar-refractivity contribution is -0.207. The number of pyridine rings is 2. The van der Waals surface area contributed by atoms with Gasteiger partial charge in [-0.1, -0.05) is 0 Å². The van der Waals surface area contributed by atoms with Crippen LogP contribution in [0.15, 0.2) is 47.9 Å². The number of nitrogens with zero attached hydrogens (tertiary/aromatic N) is 5. The predicted octanol–water partition coefficient (Wildman–Crippen LogP) is 3.19. The molecule has 0 aliphatic heterocycles. The summed E-state index contributed by atoms with van der Waals surface area (Å²) in [5.41, 5.74) is -1.35. The van der Waals surface area contributed by atoms with E-state index in [9.17, 15) is 36.2 Å². The third-order valence-corrected chi connectivity index (χ3v) is 4.68.